The molecule has 0 bridgehead atoms. The average Bonchev–Trinajstić information content (AvgIpc) is 3.26. The fourth-order valence-corrected chi connectivity index (χ4v) is 3.47. The average molecular weight is 363 g/mol. The SMILES string of the molecule is Cc1cn(C2CC(N=[N+]=[N-])C(COC(=O)C3CCCC3)O2)c(=O)[nH]c1=O. The quantitative estimate of drug-likeness (QED) is 0.366. The molecule has 1 aromatic heterocycles. The van der Waals surface area contributed by atoms with Crippen LogP contribution in [0.1, 0.15) is 43.9 Å². The molecule has 1 aromatic rings. The van der Waals surface area contributed by atoms with Crippen LogP contribution in [0.3, 0.4) is 0 Å². The highest BCUT2D eigenvalue weighted by Crippen LogP contribution is 2.31. The van der Waals surface area contributed by atoms with Crippen LogP contribution in [-0.4, -0.2) is 34.3 Å². The van der Waals surface area contributed by atoms with Gasteiger partial charge >= 0.3 is 11.7 Å². The van der Waals surface area contributed by atoms with Gasteiger partial charge in [0.05, 0.1) is 12.0 Å². The van der Waals surface area contributed by atoms with Gasteiger partial charge in [-0.2, -0.15) is 0 Å². The number of hydrogen-bond acceptors (Lipinski definition) is 6. The number of H-pyrrole nitrogens is 1. The summed E-state index contributed by atoms with van der Waals surface area (Å²) in [5.41, 5.74) is 8.07. The van der Waals surface area contributed by atoms with Crippen molar-refractivity contribution in [2.75, 3.05) is 6.61 Å². The van der Waals surface area contributed by atoms with E-state index in [4.69, 9.17) is 15.0 Å². The van der Waals surface area contributed by atoms with Crippen LogP contribution in [0.2, 0.25) is 0 Å². The molecule has 1 saturated carbocycles. The van der Waals surface area contributed by atoms with Gasteiger partial charge in [-0.05, 0) is 25.3 Å². The molecule has 10 nitrogen and oxygen atoms in total. The lowest BCUT2D eigenvalue weighted by atomic mass is 10.1. The highest BCUT2D eigenvalue weighted by molar-refractivity contribution is 5.72. The zero-order valence-corrected chi connectivity index (χ0v) is 14.5. The predicted molar refractivity (Wildman–Crippen MR) is 90.4 cm³/mol. The summed E-state index contributed by atoms with van der Waals surface area (Å²) in [6.45, 7) is 1.54. The molecule has 0 radical (unpaired) electrons. The summed E-state index contributed by atoms with van der Waals surface area (Å²) in [4.78, 5) is 40.6. The van der Waals surface area contributed by atoms with Gasteiger partial charge in [0, 0.05) is 23.1 Å². The van der Waals surface area contributed by atoms with Crippen molar-refractivity contribution in [1.29, 1.82) is 0 Å². The third kappa shape index (κ3) is 3.81. The Hall–Kier alpha value is -2.58. The Morgan fingerprint density at radius 1 is 1.46 bits per heavy atom. The maximum Gasteiger partial charge on any atom is 0.330 e. The van der Waals surface area contributed by atoms with Crippen LogP contribution in [0.15, 0.2) is 20.9 Å². The van der Waals surface area contributed by atoms with Crippen LogP contribution in [0.25, 0.3) is 10.4 Å². The minimum absolute atomic E-state index is 0.0351. The molecule has 2 fully saturated rings. The minimum atomic E-state index is -0.705. The molecule has 1 aliphatic heterocycles. The summed E-state index contributed by atoms with van der Waals surface area (Å²) >= 11 is 0. The standard InChI is InChI=1S/C16H21N5O5/c1-9-7-21(16(24)18-14(9)22)13-6-11(19-20-17)12(26-13)8-25-15(23)10-4-2-3-5-10/h7,10-13H,2-6,8H2,1H3,(H,18,22,24). The van der Waals surface area contributed by atoms with E-state index < -0.39 is 29.6 Å². The second kappa shape index (κ2) is 7.76. The second-order valence-corrected chi connectivity index (χ2v) is 6.73. The molecule has 1 N–H and O–H groups in total. The molecular formula is C16H21N5O5. The Kier molecular flexibility index (Phi) is 5.43. The van der Waals surface area contributed by atoms with Crippen molar-refractivity contribution in [3.05, 3.63) is 43.0 Å². The van der Waals surface area contributed by atoms with E-state index in [0.29, 0.717) is 5.56 Å². The van der Waals surface area contributed by atoms with E-state index in [1.54, 1.807) is 6.92 Å². The number of esters is 1. The number of hydrogen-bond donors (Lipinski definition) is 1. The van der Waals surface area contributed by atoms with Crippen LogP contribution in [0, 0.1) is 12.8 Å². The number of azide groups is 1. The van der Waals surface area contributed by atoms with Gasteiger partial charge in [-0.25, -0.2) is 4.79 Å². The number of rotatable bonds is 5. The number of nitrogens with zero attached hydrogens (tertiary/aromatic N) is 4. The van der Waals surface area contributed by atoms with E-state index in [2.05, 4.69) is 15.0 Å². The van der Waals surface area contributed by atoms with Crippen molar-refractivity contribution in [3.8, 4) is 0 Å². The molecule has 0 amide bonds. The van der Waals surface area contributed by atoms with Gasteiger partial charge in [-0.3, -0.25) is 19.1 Å². The van der Waals surface area contributed by atoms with Crippen LogP contribution in [0.4, 0.5) is 0 Å². The first-order valence-electron chi connectivity index (χ1n) is 8.68. The summed E-state index contributed by atoms with van der Waals surface area (Å²) in [5, 5.41) is 3.70. The van der Waals surface area contributed by atoms with Gasteiger partial charge in [0.2, 0.25) is 0 Å². The molecule has 3 atom stereocenters. The summed E-state index contributed by atoms with van der Waals surface area (Å²) in [5.74, 6) is -0.333. The zero-order valence-electron chi connectivity index (χ0n) is 14.5. The first kappa shape index (κ1) is 18.2. The lowest BCUT2D eigenvalue weighted by Crippen LogP contribution is -2.33. The Balaban J connectivity index is 1.71. The Morgan fingerprint density at radius 2 is 2.19 bits per heavy atom. The van der Waals surface area contributed by atoms with Gasteiger partial charge in [0.25, 0.3) is 5.56 Å². The van der Waals surface area contributed by atoms with Gasteiger partial charge in [-0.15, -0.1) is 0 Å². The Morgan fingerprint density at radius 3 is 2.88 bits per heavy atom. The van der Waals surface area contributed by atoms with Gasteiger partial charge < -0.3 is 9.47 Å². The Bertz CT molecular complexity index is 834. The van der Waals surface area contributed by atoms with Crippen molar-refractivity contribution in [2.45, 2.75) is 57.4 Å². The lowest BCUT2D eigenvalue weighted by Gasteiger charge is -2.18. The summed E-state index contributed by atoms with van der Waals surface area (Å²) in [7, 11) is 0. The highest BCUT2D eigenvalue weighted by atomic mass is 16.6. The molecule has 26 heavy (non-hydrogen) atoms. The third-order valence-electron chi connectivity index (χ3n) is 4.94. The van der Waals surface area contributed by atoms with Gasteiger partial charge in [0.15, 0.2) is 0 Å². The number of ether oxygens (including phenoxy) is 2. The molecule has 3 rings (SSSR count). The van der Waals surface area contributed by atoms with Crippen molar-refractivity contribution in [1.82, 2.24) is 9.55 Å². The zero-order chi connectivity index (χ0) is 18.7. The largest absolute Gasteiger partial charge is 0.463 e. The smallest absolute Gasteiger partial charge is 0.330 e. The molecule has 2 aliphatic rings. The van der Waals surface area contributed by atoms with Gasteiger partial charge in [-0.1, -0.05) is 18.0 Å². The molecule has 3 unspecified atom stereocenters. The third-order valence-corrected chi connectivity index (χ3v) is 4.94. The van der Waals surface area contributed by atoms with E-state index in [-0.39, 0.29) is 24.9 Å². The summed E-state index contributed by atoms with van der Waals surface area (Å²) < 4.78 is 12.4. The fourth-order valence-electron chi connectivity index (χ4n) is 3.47. The molecule has 140 valence electrons. The monoisotopic (exact) mass is 363 g/mol. The molecule has 0 spiro atoms. The fraction of sp³-hybridized carbons (Fsp3) is 0.688. The van der Waals surface area contributed by atoms with Crippen molar-refractivity contribution < 1.29 is 14.3 Å². The van der Waals surface area contributed by atoms with Gasteiger partial charge in [0.1, 0.15) is 18.9 Å². The molecular weight excluding hydrogens is 342 g/mol. The Labute approximate surface area is 148 Å². The first-order valence-corrected chi connectivity index (χ1v) is 8.68. The minimum Gasteiger partial charge on any atom is -0.463 e. The molecule has 2 heterocycles. The van der Waals surface area contributed by atoms with Crippen LogP contribution < -0.4 is 11.2 Å². The van der Waals surface area contributed by atoms with Crippen LogP contribution in [-0.2, 0) is 14.3 Å². The van der Waals surface area contributed by atoms with E-state index in [9.17, 15) is 14.4 Å². The first-order chi connectivity index (χ1) is 12.5. The van der Waals surface area contributed by atoms with Crippen molar-refractivity contribution >= 4 is 5.97 Å². The number of aromatic nitrogens is 2. The second-order valence-electron chi connectivity index (χ2n) is 6.73. The van der Waals surface area contributed by atoms with E-state index in [1.165, 1.54) is 10.8 Å². The number of aryl methyl sites for hydroxylation is 1. The lowest BCUT2D eigenvalue weighted by molar-refractivity contribution is -0.153. The number of carbonyl (C=O) groups excluding carboxylic acids is 1. The topological polar surface area (TPSA) is 139 Å². The van der Waals surface area contributed by atoms with Crippen molar-refractivity contribution in [2.24, 2.45) is 11.0 Å². The number of nitrogens with one attached hydrogen (secondary N) is 1. The molecule has 0 aromatic carbocycles. The van der Waals surface area contributed by atoms with Crippen molar-refractivity contribution in [3.63, 3.8) is 0 Å². The molecule has 1 saturated heterocycles. The van der Waals surface area contributed by atoms with E-state index >= 15 is 0 Å². The molecule has 1 aliphatic carbocycles. The normalized spacial score (nSPS) is 25.8. The van der Waals surface area contributed by atoms with Crippen LogP contribution in [0.5, 0.6) is 0 Å². The summed E-state index contributed by atoms with van der Waals surface area (Å²) in [6.07, 6.45) is 4.03. The molecule has 10 heteroatoms. The highest BCUT2D eigenvalue weighted by Gasteiger charge is 2.37. The van der Waals surface area contributed by atoms with E-state index in [1.807, 2.05) is 0 Å². The van der Waals surface area contributed by atoms with E-state index in [0.717, 1.165) is 25.7 Å². The number of carbonyl (C=O) groups is 1. The number of aromatic amines is 1. The predicted octanol–water partition coefficient (Wildman–Crippen LogP) is 1.54. The summed E-state index contributed by atoms with van der Waals surface area (Å²) in [6, 6.07) is -0.569. The maximum atomic E-state index is 12.1. The maximum absolute atomic E-state index is 12.1. The van der Waals surface area contributed by atoms with Crippen LogP contribution >= 0.6 is 0 Å².